The van der Waals surface area contributed by atoms with E-state index in [9.17, 15) is 4.79 Å². The van der Waals surface area contributed by atoms with E-state index in [0.717, 1.165) is 22.4 Å². The summed E-state index contributed by atoms with van der Waals surface area (Å²) in [7, 11) is 1.74. The lowest BCUT2D eigenvalue weighted by Crippen LogP contribution is -2.31. The van der Waals surface area contributed by atoms with Crippen LogP contribution < -0.4 is 4.74 Å². The Morgan fingerprint density at radius 2 is 1.81 bits per heavy atom. The zero-order chi connectivity index (χ0) is 19.2. The Morgan fingerprint density at radius 1 is 1.11 bits per heavy atom. The molecule has 6 nitrogen and oxygen atoms in total. The van der Waals surface area contributed by atoms with Crippen molar-refractivity contribution in [3.8, 4) is 5.75 Å². The Balaban J connectivity index is 1.52. The largest absolute Gasteiger partial charge is 0.492 e. The summed E-state index contributed by atoms with van der Waals surface area (Å²) >= 11 is 0. The fourth-order valence-corrected chi connectivity index (χ4v) is 2.86. The first-order chi connectivity index (χ1) is 13.0. The summed E-state index contributed by atoms with van der Waals surface area (Å²) in [5.74, 6) is 0.653. The first-order valence-corrected chi connectivity index (χ1v) is 8.92. The van der Waals surface area contributed by atoms with Crippen molar-refractivity contribution in [2.75, 3.05) is 20.2 Å². The predicted molar refractivity (Wildman–Crippen MR) is 104 cm³/mol. The Kier molecular flexibility index (Phi) is 5.86. The van der Waals surface area contributed by atoms with E-state index in [-0.39, 0.29) is 5.91 Å². The van der Waals surface area contributed by atoms with E-state index in [4.69, 9.17) is 4.74 Å². The van der Waals surface area contributed by atoms with Gasteiger partial charge in [-0.2, -0.15) is 0 Å². The summed E-state index contributed by atoms with van der Waals surface area (Å²) in [4.78, 5) is 14.1. The molecule has 0 N–H and O–H groups in total. The lowest BCUT2D eigenvalue weighted by molar-refractivity contribution is 0.0768. The standard InChI is InChI=1S/C21H24N4O2/c1-16-11-17(2)13-19(12-16)27-10-9-24(3)21(26)20-15-25(23-22-20)14-18-7-5-4-6-8-18/h4-8,11-13,15H,9-10,14H2,1-3H3. The Morgan fingerprint density at radius 3 is 2.52 bits per heavy atom. The van der Waals surface area contributed by atoms with Crippen molar-refractivity contribution in [1.82, 2.24) is 19.9 Å². The number of likely N-dealkylation sites (N-methyl/N-ethyl adjacent to an activating group) is 1. The van der Waals surface area contributed by atoms with Crippen molar-refractivity contribution in [2.24, 2.45) is 0 Å². The maximum atomic E-state index is 12.5. The number of hydrogen-bond donors (Lipinski definition) is 0. The highest BCUT2D eigenvalue weighted by atomic mass is 16.5. The van der Waals surface area contributed by atoms with Crippen molar-refractivity contribution in [3.05, 3.63) is 77.1 Å². The van der Waals surface area contributed by atoms with E-state index in [2.05, 4.69) is 16.4 Å². The highest BCUT2D eigenvalue weighted by Crippen LogP contribution is 2.16. The molecule has 0 unspecified atom stereocenters. The van der Waals surface area contributed by atoms with Crippen molar-refractivity contribution in [2.45, 2.75) is 20.4 Å². The summed E-state index contributed by atoms with van der Waals surface area (Å²) in [5, 5.41) is 8.05. The molecule has 0 aliphatic rings. The molecule has 0 bridgehead atoms. The third kappa shape index (κ3) is 5.17. The molecule has 140 valence electrons. The number of rotatable bonds is 7. The maximum absolute atomic E-state index is 12.5. The second-order valence-electron chi connectivity index (χ2n) is 6.69. The number of nitrogens with zero attached hydrogens (tertiary/aromatic N) is 4. The van der Waals surface area contributed by atoms with Crippen LogP contribution in [0, 0.1) is 13.8 Å². The van der Waals surface area contributed by atoms with Crippen molar-refractivity contribution in [1.29, 1.82) is 0 Å². The third-order valence-electron chi connectivity index (χ3n) is 4.18. The van der Waals surface area contributed by atoms with Gasteiger partial charge in [0.2, 0.25) is 0 Å². The first kappa shape index (κ1) is 18.6. The molecule has 0 saturated carbocycles. The van der Waals surface area contributed by atoms with Crippen LogP contribution in [-0.2, 0) is 6.54 Å². The number of aromatic nitrogens is 3. The third-order valence-corrected chi connectivity index (χ3v) is 4.18. The Bertz CT molecular complexity index is 885. The van der Waals surface area contributed by atoms with Gasteiger partial charge in [-0.25, -0.2) is 4.68 Å². The van der Waals surface area contributed by atoms with E-state index < -0.39 is 0 Å². The summed E-state index contributed by atoms with van der Waals surface area (Å²) in [5.41, 5.74) is 3.75. The molecule has 0 fully saturated rings. The van der Waals surface area contributed by atoms with Crippen molar-refractivity contribution >= 4 is 5.91 Å². The van der Waals surface area contributed by atoms with E-state index in [1.807, 2.05) is 56.3 Å². The van der Waals surface area contributed by atoms with Crippen LogP contribution in [0.2, 0.25) is 0 Å². The van der Waals surface area contributed by atoms with Crippen molar-refractivity contribution in [3.63, 3.8) is 0 Å². The maximum Gasteiger partial charge on any atom is 0.275 e. The Labute approximate surface area is 159 Å². The highest BCUT2D eigenvalue weighted by Gasteiger charge is 2.16. The normalized spacial score (nSPS) is 10.6. The van der Waals surface area contributed by atoms with Gasteiger partial charge in [0.25, 0.3) is 5.91 Å². The SMILES string of the molecule is Cc1cc(C)cc(OCCN(C)C(=O)c2cn(Cc3ccccc3)nn2)c1. The van der Waals surface area contributed by atoms with Crippen LogP contribution >= 0.6 is 0 Å². The molecule has 27 heavy (non-hydrogen) atoms. The molecule has 1 amide bonds. The Hall–Kier alpha value is -3.15. The van der Waals surface area contributed by atoms with Crippen LogP contribution in [0.5, 0.6) is 5.75 Å². The second kappa shape index (κ2) is 8.49. The molecular weight excluding hydrogens is 340 g/mol. The molecule has 3 rings (SSSR count). The molecule has 0 saturated heterocycles. The molecule has 0 aliphatic heterocycles. The molecule has 2 aromatic carbocycles. The van der Waals surface area contributed by atoms with Crippen molar-refractivity contribution < 1.29 is 9.53 Å². The minimum Gasteiger partial charge on any atom is -0.492 e. The monoisotopic (exact) mass is 364 g/mol. The van der Waals surface area contributed by atoms with Gasteiger partial charge < -0.3 is 9.64 Å². The molecule has 0 radical (unpaired) electrons. The van der Waals surface area contributed by atoms with Gasteiger partial charge in [0.05, 0.1) is 19.3 Å². The average Bonchev–Trinajstić information content (AvgIpc) is 3.09. The zero-order valence-electron chi connectivity index (χ0n) is 15.9. The van der Waals surface area contributed by atoms with E-state index in [0.29, 0.717) is 25.4 Å². The fraction of sp³-hybridized carbons (Fsp3) is 0.286. The smallest absolute Gasteiger partial charge is 0.275 e. The summed E-state index contributed by atoms with van der Waals surface area (Å²) in [6, 6.07) is 16.0. The fourth-order valence-electron chi connectivity index (χ4n) is 2.86. The summed E-state index contributed by atoms with van der Waals surface area (Å²) < 4.78 is 7.44. The van der Waals surface area contributed by atoms with Crippen LogP contribution in [-0.4, -0.2) is 46.0 Å². The second-order valence-corrected chi connectivity index (χ2v) is 6.69. The van der Waals surface area contributed by atoms with Gasteiger partial charge in [0.15, 0.2) is 5.69 Å². The van der Waals surface area contributed by atoms with E-state index in [1.54, 1.807) is 22.8 Å². The van der Waals surface area contributed by atoms with Gasteiger partial charge in [-0.05, 0) is 42.7 Å². The van der Waals surface area contributed by atoms with Gasteiger partial charge in [-0.15, -0.1) is 5.10 Å². The number of carbonyl (C=O) groups is 1. The van der Waals surface area contributed by atoms with Gasteiger partial charge in [-0.1, -0.05) is 41.6 Å². The minimum absolute atomic E-state index is 0.168. The lowest BCUT2D eigenvalue weighted by Gasteiger charge is -2.16. The highest BCUT2D eigenvalue weighted by molar-refractivity contribution is 5.91. The summed E-state index contributed by atoms with van der Waals surface area (Å²) in [6.07, 6.45) is 1.68. The molecule has 0 atom stereocenters. The van der Waals surface area contributed by atoms with Gasteiger partial charge >= 0.3 is 0 Å². The topological polar surface area (TPSA) is 60.2 Å². The number of ether oxygens (including phenoxy) is 1. The predicted octanol–water partition coefficient (Wildman–Crippen LogP) is 3.09. The molecule has 0 spiro atoms. The minimum atomic E-state index is -0.168. The summed E-state index contributed by atoms with van der Waals surface area (Å²) in [6.45, 7) is 5.55. The van der Waals surface area contributed by atoms with Gasteiger partial charge in [0.1, 0.15) is 12.4 Å². The molecule has 6 heteroatoms. The molecule has 1 heterocycles. The number of hydrogen-bond acceptors (Lipinski definition) is 4. The van der Waals surface area contributed by atoms with E-state index >= 15 is 0 Å². The number of benzene rings is 2. The zero-order valence-corrected chi connectivity index (χ0v) is 15.9. The first-order valence-electron chi connectivity index (χ1n) is 8.92. The van der Waals surface area contributed by atoms with E-state index in [1.165, 1.54) is 0 Å². The molecular formula is C21H24N4O2. The van der Waals surface area contributed by atoms with Gasteiger partial charge in [0, 0.05) is 7.05 Å². The number of amides is 1. The average molecular weight is 364 g/mol. The molecule has 3 aromatic rings. The number of carbonyl (C=O) groups excluding carboxylic acids is 1. The van der Waals surface area contributed by atoms with Crippen LogP contribution in [0.4, 0.5) is 0 Å². The van der Waals surface area contributed by atoms with Crippen LogP contribution in [0.15, 0.2) is 54.7 Å². The number of aryl methyl sites for hydroxylation is 2. The quantitative estimate of drug-likeness (QED) is 0.646. The molecule has 1 aromatic heterocycles. The van der Waals surface area contributed by atoms with Gasteiger partial charge in [-0.3, -0.25) is 4.79 Å². The lowest BCUT2D eigenvalue weighted by atomic mass is 10.1. The van der Waals surface area contributed by atoms with Crippen LogP contribution in [0.1, 0.15) is 27.2 Å². The molecule has 0 aliphatic carbocycles. The van der Waals surface area contributed by atoms with Crippen LogP contribution in [0.3, 0.4) is 0 Å². The van der Waals surface area contributed by atoms with Crippen LogP contribution in [0.25, 0.3) is 0 Å².